The summed E-state index contributed by atoms with van der Waals surface area (Å²) in [5.74, 6) is -2.04. The molecule has 1 N–H and O–H groups in total. The van der Waals surface area contributed by atoms with Crippen LogP contribution in [-0.4, -0.2) is 17.4 Å². The van der Waals surface area contributed by atoms with E-state index in [9.17, 15) is 18.0 Å². The van der Waals surface area contributed by atoms with Gasteiger partial charge in [-0.1, -0.05) is 30.3 Å². The second-order valence-electron chi connectivity index (χ2n) is 4.29. The lowest BCUT2D eigenvalue weighted by Crippen LogP contribution is -2.17. The fourth-order valence-electron chi connectivity index (χ4n) is 1.73. The Morgan fingerprint density at radius 3 is 2.36 bits per heavy atom. The van der Waals surface area contributed by atoms with Crippen molar-refractivity contribution < 1.29 is 32.5 Å². The molecule has 0 aliphatic carbocycles. The third-order valence-electron chi connectivity index (χ3n) is 2.65. The Bertz CT molecular complexity index is 654. The SMILES string of the molecule is O=C(O)c1ccc(OC(F)(F)F)cc1OCc1ccccc1. The molecular formula is C15H11F3O4. The minimum Gasteiger partial charge on any atom is -0.488 e. The lowest BCUT2D eigenvalue weighted by molar-refractivity contribution is -0.274. The number of carboxylic acids is 1. The first-order valence-electron chi connectivity index (χ1n) is 6.15. The first-order chi connectivity index (χ1) is 10.3. The quantitative estimate of drug-likeness (QED) is 0.911. The summed E-state index contributed by atoms with van der Waals surface area (Å²) in [6, 6.07) is 11.6. The molecule has 0 amide bonds. The first-order valence-corrected chi connectivity index (χ1v) is 6.15. The average molecular weight is 312 g/mol. The van der Waals surface area contributed by atoms with Crippen LogP contribution in [0.1, 0.15) is 15.9 Å². The summed E-state index contributed by atoms with van der Waals surface area (Å²) in [7, 11) is 0. The van der Waals surface area contributed by atoms with Crippen molar-refractivity contribution in [2.45, 2.75) is 13.0 Å². The maximum Gasteiger partial charge on any atom is 0.573 e. The molecule has 22 heavy (non-hydrogen) atoms. The molecule has 0 saturated heterocycles. The van der Waals surface area contributed by atoms with Gasteiger partial charge in [-0.3, -0.25) is 0 Å². The number of ether oxygens (including phenoxy) is 2. The van der Waals surface area contributed by atoms with Crippen LogP contribution in [0, 0.1) is 0 Å². The van der Waals surface area contributed by atoms with Gasteiger partial charge in [0.1, 0.15) is 23.7 Å². The van der Waals surface area contributed by atoms with E-state index in [1.807, 2.05) is 0 Å². The molecule has 0 heterocycles. The van der Waals surface area contributed by atoms with Crippen LogP contribution < -0.4 is 9.47 Å². The Kier molecular flexibility index (Phi) is 4.55. The van der Waals surface area contributed by atoms with Gasteiger partial charge in [0.2, 0.25) is 0 Å². The van der Waals surface area contributed by atoms with Gasteiger partial charge < -0.3 is 14.6 Å². The molecule has 2 rings (SSSR count). The second-order valence-corrected chi connectivity index (χ2v) is 4.29. The number of carboxylic acid groups (broad SMARTS) is 1. The molecule has 0 aliphatic heterocycles. The third-order valence-corrected chi connectivity index (χ3v) is 2.65. The number of aromatic carboxylic acids is 1. The van der Waals surface area contributed by atoms with Crippen molar-refractivity contribution in [1.29, 1.82) is 0 Å². The molecule has 0 aromatic heterocycles. The highest BCUT2D eigenvalue weighted by Gasteiger charge is 2.31. The zero-order valence-corrected chi connectivity index (χ0v) is 11.1. The Hall–Kier alpha value is -2.70. The maximum absolute atomic E-state index is 12.2. The number of benzene rings is 2. The second kappa shape index (κ2) is 6.38. The number of alkyl halides is 3. The van der Waals surface area contributed by atoms with E-state index in [-0.39, 0.29) is 17.9 Å². The molecule has 0 aliphatic rings. The number of halogens is 3. The van der Waals surface area contributed by atoms with Crippen LogP contribution >= 0.6 is 0 Å². The van der Waals surface area contributed by atoms with E-state index in [4.69, 9.17) is 9.84 Å². The Labute approximate surface area is 123 Å². The zero-order valence-electron chi connectivity index (χ0n) is 11.1. The molecule has 0 atom stereocenters. The molecule has 0 radical (unpaired) electrons. The first kappa shape index (κ1) is 15.7. The molecule has 2 aromatic carbocycles. The molecule has 0 saturated carbocycles. The van der Waals surface area contributed by atoms with Crippen LogP contribution in [0.25, 0.3) is 0 Å². The van der Waals surface area contributed by atoms with Crippen molar-refractivity contribution >= 4 is 5.97 Å². The molecule has 7 heteroatoms. The van der Waals surface area contributed by atoms with Crippen molar-refractivity contribution in [3.8, 4) is 11.5 Å². The lowest BCUT2D eigenvalue weighted by atomic mass is 10.2. The van der Waals surface area contributed by atoms with Crippen LogP contribution in [0.15, 0.2) is 48.5 Å². The van der Waals surface area contributed by atoms with Gasteiger partial charge in [0.25, 0.3) is 0 Å². The van der Waals surface area contributed by atoms with E-state index in [0.717, 1.165) is 23.8 Å². The van der Waals surface area contributed by atoms with Gasteiger partial charge in [0.15, 0.2) is 0 Å². The highest BCUT2D eigenvalue weighted by molar-refractivity contribution is 5.91. The Morgan fingerprint density at radius 2 is 1.77 bits per heavy atom. The van der Waals surface area contributed by atoms with Crippen molar-refractivity contribution in [2.75, 3.05) is 0 Å². The van der Waals surface area contributed by atoms with Crippen LogP contribution in [0.2, 0.25) is 0 Å². The van der Waals surface area contributed by atoms with Crippen molar-refractivity contribution in [3.63, 3.8) is 0 Å². The van der Waals surface area contributed by atoms with E-state index in [0.29, 0.717) is 0 Å². The van der Waals surface area contributed by atoms with Crippen LogP contribution in [0.3, 0.4) is 0 Å². The predicted molar refractivity (Wildman–Crippen MR) is 70.9 cm³/mol. The highest BCUT2D eigenvalue weighted by Crippen LogP contribution is 2.29. The Morgan fingerprint density at radius 1 is 1.09 bits per heavy atom. The highest BCUT2D eigenvalue weighted by atomic mass is 19.4. The summed E-state index contributed by atoms with van der Waals surface area (Å²) in [6.07, 6.45) is -4.86. The van der Waals surface area contributed by atoms with Gasteiger partial charge in [-0.15, -0.1) is 13.2 Å². The summed E-state index contributed by atoms with van der Waals surface area (Å²) in [6.45, 7) is 0.0244. The van der Waals surface area contributed by atoms with E-state index in [1.165, 1.54) is 0 Å². The fourth-order valence-corrected chi connectivity index (χ4v) is 1.73. The third kappa shape index (κ3) is 4.41. The molecule has 0 bridgehead atoms. The number of hydrogen-bond donors (Lipinski definition) is 1. The summed E-state index contributed by atoms with van der Waals surface area (Å²) in [5, 5.41) is 9.04. The van der Waals surface area contributed by atoms with E-state index >= 15 is 0 Å². The van der Waals surface area contributed by atoms with Crippen molar-refractivity contribution in [2.24, 2.45) is 0 Å². The summed E-state index contributed by atoms with van der Waals surface area (Å²) < 4.78 is 45.7. The van der Waals surface area contributed by atoms with Crippen molar-refractivity contribution in [3.05, 3.63) is 59.7 Å². The van der Waals surface area contributed by atoms with Gasteiger partial charge >= 0.3 is 12.3 Å². The van der Waals surface area contributed by atoms with Gasteiger partial charge in [-0.05, 0) is 17.7 Å². The monoisotopic (exact) mass is 312 g/mol. The van der Waals surface area contributed by atoms with E-state index in [1.54, 1.807) is 30.3 Å². The normalized spacial score (nSPS) is 11.0. The largest absolute Gasteiger partial charge is 0.573 e. The number of hydrogen-bond acceptors (Lipinski definition) is 3. The fraction of sp³-hybridized carbons (Fsp3) is 0.133. The topological polar surface area (TPSA) is 55.8 Å². The Balaban J connectivity index is 2.22. The molecule has 0 unspecified atom stereocenters. The number of carbonyl (C=O) groups is 1. The molecular weight excluding hydrogens is 301 g/mol. The van der Waals surface area contributed by atoms with E-state index in [2.05, 4.69) is 4.74 Å². The van der Waals surface area contributed by atoms with Gasteiger partial charge in [-0.2, -0.15) is 0 Å². The van der Waals surface area contributed by atoms with Gasteiger partial charge in [0.05, 0.1) is 0 Å². The minimum atomic E-state index is -4.86. The van der Waals surface area contributed by atoms with Crippen molar-refractivity contribution in [1.82, 2.24) is 0 Å². The van der Waals surface area contributed by atoms with Gasteiger partial charge in [0, 0.05) is 6.07 Å². The number of rotatable bonds is 5. The van der Waals surface area contributed by atoms with Crippen LogP contribution in [0.4, 0.5) is 13.2 Å². The molecule has 2 aromatic rings. The average Bonchev–Trinajstić information content (AvgIpc) is 2.44. The van der Waals surface area contributed by atoms with Gasteiger partial charge in [-0.25, -0.2) is 4.79 Å². The smallest absolute Gasteiger partial charge is 0.488 e. The van der Waals surface area contributed by atoms with Crippen LogP contribution in [0.5, 0.6) is 11.5 Å². The minimum absolute atomic E-state index is 0.0244. The predicted octanol–water partition coefficient (Wildman–Crippen LogP) is 3.86. The molecule has 0 fully saturated rings. The van der Waals surface area contributed by atoms with Crippen LogP contribution in [-0.2, 0) is 6.61 Å². The molecule has 116 valence electrons. The molecule has 0 spiro atoms. The zero-order chi connectivity index (χ0) is 16.2. The van der Waals surface area contributed by atoms with E-state index < -0.39 is 18.1 Å². The standard InChI is InChI=1S/C15H11F3O4/c16-15(17,18)22-11-6-7-12(14(19)20)13(8-11)21-9-10-4-2-1-3-5-10/h1-8H,9H2,(H,19,20). The summed E-state index contributed by atoms with van der Waals surface area (Å²) >= 11 is 0. The summed E-state index contributed by atoms with van der Waals surface area (Å²) in [4.78, 5) is 11.1. The molecule has 4 nitrogen and oxygen atoms in total. The lowest BCUT2D eigenvalue weighted by Gasteiger charge is -2.13. The summed E-state index contributed by atoms with van der Waals surface area (Å²) in [5.41, 5.74) is 0.506. The maximum atomic E-state index is 12.2.